The Morgan fingerprint density at radius 3 is 0.909 bits per heavy atom. The number of hydrogen-bond donors (Lipinski definition) is 0. The van der Waals surface area contributed by atoms with Crippen LogP contribution in [0, 0.1) is 0 Å². The molecule has 4 aromatic rings. The van der Waals surface area contributed by atoms with E-state index in [1.807, 2.05) is 0 Å². The van der Waals surface area contributed by atoms with Gasteiger partial charge in [0.1, 0.15) is 0 Å². The summed E-state index contributed by atoms with van der Waals surface area (Å²) in [5.74, 6) is 0.725. The fourth-order valence-electron chi connectivity index (χ4n) is 4.30. The van der Waals surface area contributed by atoms with Crippen molar-refractivity contribution >= 4 is 0 Å². The monoisotopic (exact) mass is 454 g/mol. The van der Waals surface area contributed by atoms with Gasteiger partial charge in [0, 0.05) is 25.0 Å². The number of rotatable bonds is 10. The zero-order chi connectivity index (χ0) is 21.1. The van der Waals surface area contributed by atoms with Crippen LogP contribution in [-0.4, -0.2) is 13.2 Å². The first-order valence-corrected chi connectivity index (χ1v) is 11.2. The maximum atomic E-state index is 6.18. The Morgan fingerprint density at radius 2 is 0.667 bits per heavy atom. The second-order valence-electron chi connectivity index (χ2n) is 7.94. The van der Waals surface area contributed by atoms with Crippen LogP contribution < -0.4 is 59.1 Å². The van der Waals surface area contributed by atoms with Crippen molar-refractivity contribution in [1.29, 1.82) is 0 Å². The van der Waals surface area contributed by atoms with E-state index >= 15 is 0 Å². The second kappa shape index (κ2) is 15.7. The van der Waals surface area contributed by atoms with Crippen LogP contribution in [0.2, 0.25) is 0 Å². The topological polar surface area (TPSA) is 9.23 Å². The molecule has 0 atom stereocenters. The van der Waals surface area contributed by atoms with Gasteiger partial charge in [0.2, 0.25) is 0 Å². The summed E-state index contributed by atoms with van der Waals surface area (Å²) in [5.41, 5.74) is 5.40. The Bertz CT molecular complexity index is 855. The predicted molar refractivity (Wildman–Crippen MR) is 132 cm³/mol. The van der Waals surface area contributed by atoms with Crippen LogP contribution in [0.4, 0.5) is 0 Å². The van der Waals surface area contributed by atoms with Crippen LogP contribution in [0.3, 0.4) is 0 Å². The third kappa shape index (κ3) is 8.53. The molecule has 0 saturated carbocycles. The summed E-state index contributed by atoms with van der Waals surface area (Å²) in [4.78, 5) is 0. The minimum atomic E-state index is 0. The SMILES string of the molecule is [H-].[H-].[Na+].[Na+].c1ccc(C(CCOCCC(c2ccccc2)c2ccccc2)c2ccccc2)cc1. The Hall–Kier alpha value is -1.16. The molecule has 0 fully saturated rings. The van der Waals surface area contributed by atoms with Gasteiger partial charge in [-0.1, -0.05) is 121 Å². The first-order valence-electron chi connectivity index (χ1n) is 11.2. The molecule has 4 rings (SSSR count). The summed E-state index contributed by atoms with van der Waals surface area (Å²) in [5, 5.41) is 0. The first kappa shape index (κ1) is 28.1. The van der Waals surface area contributed by atoms with E-state index in [4.69, 9.17) is 4.74 Å². The molecule has 0 N–H and O–H groups in total. The third-order valence-electron chi connectivity index (χ3n) is 5.91. The van der Waals surface area contributed by atoms with Crippen molar-refractivity contribution in [1.82, 2.24) is 0 Å². The molecule has 0 amide bonds. The van der Waals surface area contributed by atoms with E-state index in [1.54, 1.807) is 0 Å². The van der Waals surface area contributed by atoms with Gasteiger partial charge in [-0.3, -0.25) is 0 Å². The second-order valence-corrected chi connectivity index (χ2v) is 7.94. The van der Waals surface area contributed by atoms with E-state index in [0.29, 0.717) is 11.8 Å². The predicted octanol–water partition coefficient (Wildman–Crippen LogP) is 1.68. The van der Waals surface area contributed by atoms with E-state index in [-0.39, 0.29) is 62.0 Å². The van der Waals surface area contributed by atoms with Gasteiger partial charge < -0.3 is 7.59 Å². The van der Waals surface area contributed by atoms with Gasteiger partial charge in [-0.05, 0) is 35.1 Å². The molecule has 160 valence electrons. The molecule has 0 aliphatic rings. The molecule has 0 bridgehead atoms. The van der Waals surface area contributed by atoms with Crippen molar-refractivity contribution in [2.75, 3.05) is 13.2 Å². The van der Waals surface area contributed by atoms with Crippen LogP contribution in [0.1, 0.15) is 49.8 Å². The zero-order valence-electron chi connectivity index (χ0n) is 21.9. The summed E-state index contributed by atoms with van der Waals surface area (Å²) < 4.78 is 6.18. The van der Waals surface area contributed by atoms with Crippen LogP contribution in [-0.2, 0) is 4.74 Å². The Kier molecular flexibility index (Phi) is 13.3. The summed E-state index contributed by atoms with van der Waals surface area (Å²) >= 11 is 0. The average molecular weight is 455 g/mol. The molecule has 0 heterocycles. The van der Waals surface area contributed by atoms with Crippen LogP contribution in [0.25, 0.3) is 0 Å². The van der Waals surface area contributed by atoms with Gasteiger partial charge in [-0.2, -0.15) is 0 Å². The Balaban J connectivity index is 0.00000289. The van der Waals surface area contributed by atoms with Gasteiger partial charge in [-0.25, -0.2) is 0 Å². The Morgan fingerprint density at radius 1 is 0.424 bits per heavy atom. The summed E-state index contributed by atoms with van der Waals surface area (Å²) in [6.45, 7) is 1.51. The molecule has 1 nitrogen and oxygen atoms in total. The van der Waals surface area contributed by atoms with Gasteiger partial charge >= 0.3 is 59.1 Å². The molecular formula is C30H32Na2O. The van der Waals surface area contributed by atoms with Gasteiger partial charge in [0.15, 0.2) is 0 Å². The van der Waals surface area contributed by atoms with Crippen molar-refractivity contribution in [2.24, 2.45) is 0 Å². The molecule has 3 heteroatoms. The van der Waals surface area contributed by atoms with E-state index in [0.717, 1.165) is 26.1 Å². The molecule has 0 aromatic heterocycles. The van der Waals surface area contributed by atoms with Gasteiger partial charge in [-0.15, -0.1) is 0 Å². The van der Waals surface area contributed by atoms with Crippen molar-refractivity contribution in [2.45, 2.75) is 24.7 Å². The fourth-order valence-corrected chi connectivity index (χ4v) is 4.30. The molecular weight excluding hydrogens is 422 g/mol. The van der Waals surface area contributed by atoms with Crippen LogP contribution in [0.15, 0.2) is 121 Å². The Labute approximate surface area is 246 Å². The maximum absolute atomic E-state index is 6.18. The molecule has 0 aliphatic heterocycles. The van der Waals surface area contributed by atoms with Gasteiger partial charge in [0.25, 0.3) is 0 Å². The molecule has 0 spiro atoms. The van der Waals surface area contributed by atoms with Gasteiger partial charge in [0.05, 0.1) is 0 Å². The largest absolute Gasteiger partial charge is 1.00 e. The maximum Gasteiger partial charge on any atom is 1.00 e. The van der Waals surface area contributed by atoms with Crippen LogP contribution in [0.5, 0.6) is 0 Å². The zero-order valence-corrected chi connectivity index (χ0v) is 23.9. The summed E-state index contributed by atoms with van der Waals surface area (Å²) in [6.07, 6.45) is 1.96. The molecule has 4 aromatic carbocycles. The average Bonchev–Trinajstić information content (AvgIpc) is 2.86. The van der Waals surface area contributed by atoms with E-state index in [2.05, 4.69) is 121 Å². The van der Waals surface area contributed by atoms with Crippen molar-refractivity contribution < 1.29 is 66.7 Å². The van der Waals surface area contributed by atoms with E-state index in [1.165, 1.54) is 22.3 Å². The molecule has 0 saturated heterocycles. The molecule has 0 unspecified atom stereocenters. The molecule has 0 aliphatic carbocycles. The van der Waals surface area contributed by atoms with Crippen molar-refractivity contribution in [3.8, 4) is 0 Å². The van der Waals surface area contributed by atoms with E-state index in [9.17, 15) is 0 Å². The quantitative estimate of drug-likeness (QED) is 0.262. The number of benzene rings is 4. The first-order chi connectivity index (χ1) is 15.4. The van der Waals surface area contributed by atoms with Crippen molar-refractivity contribution in [3.63, 3.8) is 0 Å². The molecule has 0 radical (unpaired) electrons. The standard InChI is InChI=1S/C30H30O.2Na.2H/c1-5-13-25(14-6-1)29(26-15-7-2-8-16-26)21-23-31-24-22-30(27-17-9-3-10-18-27)28-19-11-4-12-20-28;;;;/h1-20,29-30H,21-24H2;;;;/q;2*+1;2*-1. The third-order valence-corrected chi connectivity index (χ3v) is 5.91. The number of hydrogen-bond acceptors (Lipinski definition) is 1. The van der Waals surface area contributed by atoms with Crippen LogP contribution >= 0.6 is 0 Å². The summed E-state index contributed by atoms with van der Waals surface area (Å²) in [7, 11) is 0. The molecule has 33 heavy (non-hydrogen) atoms. The van der Waals surface area contributed by atoms with E-state index < -0.39 is 0 Å². The normalized spacial score (nSPS) is 10.5. The number of ether oxygens (including phenoxy) is 1. The fraction of sp³-hybridized carbons (Fsp3) is 0.200. The summed E-state index contributed by atoms with van der Waals surface area (Å²) in [6, 6.07) is 43.1. The minimum absolute atomic E-state index is 0. The van der Waals surface area contributed by atoms with Crippen molar-refractivity contribution in [3.05, 3.63) is 144 Å². The minimum Gasteiger partial charge on any atom is -1.00 e. The smallest absolute Gasteiger partial charge is 1.00 e.